The third kappa shape index (κ3) is 6.13. The summed E-state index contributed by atoms with van der Waals surface area (Å²) >= 11 is 1.48. The predicted molar refractivity (Wildman–Crippen MR) is 131 cm³/mol. The number of nitrogens with one attached hydrogen (secondary N) is 1. The standard InChI is InChI=1S/C23H27N7O2S/c1-29-5-7-30(8-6-29)23-21(32-18-4-2-3-16(25)9-18)11-20(15-27-23)33-19-10-17(13-26-14-19)28-22(31)12-24/h2-4,9-11,13-15H,5-8,12,24-25H2,1H3,(H,28,31). The highest BCUT2D eigenvalue weighted by Gasteiger charge is 2.20. The SMILES string of the molecule is CN1CCN(c2ncc(Sc3cncc(NC(=O)CN)c3)cc2Oc2cccc(N)c2)CC1. The van der Waals surface area contributed by atoms with E-state index in [1.807, 2.05) is 36.5 Å². The average Bonchev–Trinajstić information content (AvgIpc) is 2.80. The molecule has 3 heterocycles. The van der Waals surface area contributed by atoms with Gasteiger partial charge < -0.3 is 31.3 Å². The summed E-state index contributed by atoms with van der Waals surface area (Å²) in [6.07, 6.45) is 5.14. The zero-order valence-corrected chi connectivity index (χ0v) is 19.2. The van der Waals surface area contributed by atoms with Gasteiger partial charge in [0.25, 0.3) is 0 Å². The minimum atomic E-state index is -0.269. The van der Waals surface area contributed by atoms with Crippen LogP contribution in [0.25, 0.3) is 0 Å². The van der Waals surface area contributed by atoms with Crippen LogP contribution in [0, 0.1) is 0 Å². The quantitative estimate of drug-likeness (QED) is 0.452. The van der Waals surface area contributed by atoms with E-state index < -0.39 is 0 Å². The molecule has 0 saturated carbocycles. The highest BCUT2D eigenvalue weighted by atomic mass is 32.2. The number of likely N-dealkylation sites (N-methyl/N-ethyl adjacent to an activating group) is 1. The summed E-state index contributed by atoms with van der Waals surface area (Å²) in [7, 11) is 2.12. The smallest absolute Gasteiger partial charge is 0.238 e. The highest BCUT2D eigenvalue weighted by molar-refractivity contribution is 7.99. The number of amides is 1. The number of ether oxygens (including phenoxy) is 1. The van der Waals surface area contributed by atoms with Crippen molar-refractivity contribution in [3.8, 4) is 11.5 Å². The van der Waals surface area contributed by atoms with Crippen molar-refractivity contribution in [3.05, 3.63) is 55.0 Å². The van der Waals surface area contributed by atoms with Gasteiger partial charge in [-0.1, -0.05) is 17.8 Å². The Morgan fingerprint density at radius 2 is 1.91 bits per heavy atom. The van der Waals surface area contributed by atoms with Gasteiger partial charge in [0, 0.05) is 66.2 Å². The molecule has 1 aromatic carbocycles. The van der Waals surface area contributed by atoms with Crippen LogP contribution in [-0.2, 0) is 4.79 Å². The molecule has 1 aliphatic rings. The van der Waals surface area contributed by atoms with Crippen molar-refractivity contribution in [2.75, 3.05) is 55.7 Å². The molecule has 0 radical (unpaired) electrons. The molecule has 2 aromatic heterocycles. The number of pyridine rings is 2. The Labute approximate surface area is 197 Å². The number of rotatable bonds is 7. The van der Waals surface area contributed by atoms with Gasteiger partial charge in [-0.15, -0.1) is 0 Å². The van der Waals surface area contributed by atoms with E-state index in [1.54, 1.807) is 18.5 Å². The van der Waals surface area contributed by atoms with Crippen LogP contribution in [-0.4, -0.2) is 60.5 Å². The van der Waals surface area contributed by atoms with Crippen LogP contribution in [0.1, 0.15) is 0 Å². The van der Waals surface area contributed by atoms with E-state index in [4.69, 9.17) is 21.2 Å². The molecule has 5 N–H and O–H groups in total. The zero-order chi connectivity index (χ0) is 23.2. The Morgan fingerprint density at radius 1 is 1.12 bits per heavy atom. The van der Waals surface area contributed by atoms with Gasteiger partial charge in [0.1, 0.15) is 5.75 Å². The van der Waals surface area contributed by atoms with Gasteiger partial charge in [-0.25, -0.2) is 4.98 Å². The molecule has 0 aliphatic carbocycles. The summed E-state index contributed by atoms with van der Waals surface area (Å²) in [6.45, 7) is 3.58. The van der Waals surface area contributed by atoms with Crippen LogP contribution in [0.2, 0.25) is 0 Å². The number of nitrogens with zero attached hydrogens (tertiary/aromatic N) is 4. The van der Waals surface area contributed by atoms with Crippen molar-refractivity contribution in [2.24, 2.45) is 5.73 Å². The van der Waals surface area contributed by atoms with Crippen LogP contribution in [0.4, 0.5) is 17.2 Å². The first kappa shape index (κ1) is 22.8. The fraction of sp³-hybridized carbons (Fsp3) is 0.261. The van der Waals surface area contributed by atoms with Crippen molar-refractivity contribution in [3.63, 3.8) is 0 Å². The fourth-order valence-corrected chi connectivity index (χ4v) is 4.25. The van der Waals surface area contributed by atoms with Gasteiger partial charge in [-0.2, -0.15) is 0 Å². The first-order chi connectivity index (χ1) is 16.0. The molecule has 0 spiro atoms. The van der Waals surface area contributed by atoms with Crippen LogP contribution in [0.5, 0.6) is 11.5 Å². The number of nitrogen functional groups attached to an aromatic ring is 1. The monoisotopic (exact) mass is 465 g/mol. The fourth-order valence-electron chi connectivity index (χ4n) is 3.40. The van der Waals surface area contributed by atoms with Gasteiger partial charge in [-0.3, -0.25) is 9.78 Å². The maximum Gasteiger partial charge on any atom is 0.238 e. The molecule has 9 nitrogen and oxygen atoms in total. The number of benzene rings is 1. The first-order valence-electron chi connectivity index (χ1n) is 10.6. The minimum Gasteiger partial charge on any atom is -0.453 e. The number of hydrogen-bond donors (Lipinski definition) is 3. The summed E-state index contributed by atoms with van der Waals surface area (Å²) in [5, 5.41) is 2.72. The molecule has 1 fully saturated rings. The molecular formula is C23H27N7O2S. The molecule has 0 bridgehead atoms. The van der Waals surface area contributed by atoms with Gasteiger partial charge in [0.15, 0.2) is 11.6 Å². The van der Waals surface area contributed by atoms with Gasteiger partial charge >= 0.3 is 0 Å². The number of aromatic nitrogens is 2. The number of hydrogen-bond acceptors (Lipinski definition) is 9. The predicted octanol–water partition coefficient (Wildman–Crippen LogP) is 2.65. The van der Waals surface area contributed by atoms with E-state index in [9.17, 15) is 4.79 Å². The number of nitrogens with two attached hydrogens (primary N) is 2. The van der Waals surface area contributed by atoms with E-state index in [1.165, 1.54) is 11.8 Å². The summed E-state index contributed by atoms with van der Waals surface area (Å²) in [5.74, 6) is 1.85. The Morgan fingerprint density at radius 3 is 2.67 bits per heavy atom. The van der Waals surface area contributed by atoms with Crippen LogP contribution >= 0.6 is 11.8 Å². The summed E-state index contributed by atoms with van der Waals surface area (Å²) in [6, 6.07) is 11.2. The molecule has 1 saturated heterocycles. The normalized spacial score (nSPS) is 14.2. The number of carbonyl (C=O) groups excluding carboxylic acids is 1. The van der Waals surface area contributed by atoms with Crippen molar-refractivity contribution in [1.82, 2.24) is 14.9 Å². The zero-order valence-electron chi connectivity index (χ0n) is 18.4. The van der Waals surface area contributed by atoms with E-state index in [0.717, 1.165) is 41.8 Å². The largest absolute Gasteiger partial charge is 0.453 e. The molecule has 10 heteroatoms. The summed E-state index contributed by atoms with van der Waals surface area (Å²) < 4.78 is 6.24. The number of anilines is 3. The molecule has 1 aliphatic heterocycles. The van der Waals surface area contributed by atoms with Crippen LogP contribution < -0.4 is 26.4 Å². The van der Waals surface area contributed by atoms with Crippen molar-refractivity contribution < 1.29 is 9.53 Å². The molecule has 0 unspecified atom stereocenters. The van der Waals surface area contributed by atoms with Gasteiger partial charge in [0.05, 0.1) is 18.4 Å². The number of piperazine rings is 1. The van der Waals surface area contributed by atoms with E-state index in [-0.39, 0.29) is 12.5 Å². The lowest BCUT2D eigenvalue weighted by atomic mass is 10.3. The second-order valence-electron chi connectivity index (χ2n) is 7.72. The Kier molecular flexibility index (Phi) is 7.28. The Hall–Kier alpha value is -3.34. The molecule has 172 valence electrons. The third-order valence-electron chi connectivity index (χ3n) is 5.11. The second-order valence-corrected chi connectivity index (χ2v) is 8.87. The lowest BCUT2D eigenvalue weighted by molar-refractivity contribution is -0.114. The number of carbonyl (C=O) groups is 1. The van der Waals surface area contributed by atoms with Crippen molar-refractivity contribution in [1.29, 1.82) is 0 Å². The molecule has 1 amide bonds. The second kappa shape index (κ2) is 10.5. The topological polar surface area (TPSA) is 123 Å². The van der Waals surface area contributed by atoms with E-state index in [0.29, 0.717) is 22.9 Å². The van der Waals surface area contributed by atoms with Crippen molar-refractivity contribution in [2.45, 2.75) is 9.79 Å². The molecule has 33 heavy (non-hydrogen) atoms. The summed E-state index contributed by atoms with van der Waals surface area (Å²) in [4.78, 5) is 26.8. The summed E-state index contributed by atoms with van der Waals surface area (Å²) in [5.41, 5.74) is 12.5. The minimum absolute atomic E-state index is 0.0836. The van der Waals surface area contributed by atoms with Gasteiger partial charge in [0.2, 0.25) is 5.91 Å². The van der Waals surface area contributed by atoms with E-state index >= 15 is 0 Å². The molecule has 4 rings (SSSR count). The first-order valence-corrected chi connectivity index (χ1v) is 11.4. The molecule has 3 aromatic rings. The lowest BCUT2D eigenvalue weighted by Crippen LogP contribution is -2.44. The lowest BCUT2D eigenvalue weighted by Gasteiger charge is -2.34. The molecular weight excluding hydrogens is 438 g/mol. The van der Waals surface area contributed by atoms with Gasteiger partial charge in [-0.05, 0) is 25.2 Å². The molecule has 0 atom stereocenters. The average molecular weight is 466 g/mol. The Balaban J connectivity index is 1.60. The highest BCUT2D eigenvalue weighted by Crippen LogP contribution is 2.37. The third-order valence-corrected chi connectivity index (χ3v) is 6.03. The Bertz CT molecular complexity index is 1120. The maximum absolute atomic E-state index is 11.6. The van der Waals surface area contributed by atoms with Crippen LogP contribution in [0.15, 0.2) is 64.8 Å². The van der Waals surface area contributed by atoms with Crippen LogP contribution in [0.3, 0.4) is 0 Å². The van der Waals surface area contributed by atoms with E-state index in [2.05, 4.69) is 27.1 Å². The maximum atomic E-state index is 11.6. The van der Waals surface area contributed by atoms with Crippen molar-refractivity contribution >= 4 is 34.9 Å².